The second-order valence-electron chi connectivity index (χ2n) is 5.15. The fraction of sp³-hybridized carbons (Fsp3) is 0.312. The van der Waals surface area contributed by atoms with Gasteiger partial charge in [-0.15, -0.1) is 10.2 Å². The van der Waals surface area contributed by atoms with Gasteiger partial charge in [0.1, 0.15) is 0 Å². The zero-order chi connectivity index (χ0) is 15.7. The molecule has 0 bridgehead atoms. The van der Waals surface area contributed by atoms with E-state index in [1.165, 1.54) is 11.8 Å². The number of hydrogen-bond acceptors (Lipinski definition) is 4. The molecule has 0 atom stereocenters. The van der Waals surface area contributed by atoms with Gasteiger partial charge in [-0.25, -0.2) is 0 Å². The van der Waals surface area contributed by atoms with Gasteiger partial charge in [0.05, 0.1) is 5.75 Å². The second kappa shape index (κ2) is 5.96. The van der Waals surface area contributed by atoms with Crippen LogP contribution in [0, 0.1) is 13.8 Å². The molecule has 3 aromatic heterocycles. The predicted octanol–water partition coefficient (Wildman–Crippen LogP) is 3.14. The van der Waals surface area contributed by atoms with E-state index >= 15 is 0 Å². The SMILES string of the molecule is CCn1c(C)cc(C(=O)CSc2nnc3ccccn23)c1C. The van der Waals surface area contributed by atoms with Crippen LogP contribution in [-0.4, -0.2) is 30.7 Å². The van der Waals surface area contributed by atoms with Gasteiger partial charge in [0.15, 0.2) is 16.6 Å². The number of rotatable bonds is 5. The van der Waals surface area contributed by atoms with Crippen molar-refractivity contribution in [2.75, 3.05) is 5.75 Å². The van der Waals surface area contributed by atoms with Crippen LogP contribution in [0.2, 0.25) is 0 Å². The Morgan fingerprint density at radius 2 is 2.09 bits per heavy atom. The van der Waals surface area contributed by atoms with Crippen LogP contribution >= 0.6 is 11.8 Å². The maximum absolute atomic E-state index is 12.5. The van der Waals surface area contributed by atoms with Crippen LogP contribution < -0.4 is 0 Å². The van der Waals surface area contributed by atoms with Gasteiger partial charge in [0.2, 0.25) is 0 Å². The molecule has 0 saturated heterocycles. The average Bonchev–Trinajstić information content (AvgIpc) is 3.06. The third-order valence-corrected chi connectivity index (χ3v) is 4.75. The van der Waals surface area contributed by atoms with E-state index in [1.54, 1.807) is 0 Å². The Bertz CT molecular complexity index is 834. The molecular weight excluding hydrogens is 296 g/mol. The quantitative estimate of drug-likeness (QED) is 0.536. The van der Waals surface area contributed by atoms with Crippen LogP contribution in [0.1, 0.15) is 28.7 Å². The van der Waals surface area contributed by atoms with E-state index in [2.05, 4.69) is 21.7 Å². The highest BCUT2D eigenvalue weighted by Gasteiger charge is 2.16. The smallest absolute Gasteiger partial charge is 0.196 e. The summed E-state index contributed by atoms with van der Waals surface area (Å²) in [6, 6.07) is 7.72. The molecule has 3 heterocycles. The van der Waals surface area contributed by atoms with Gasteiger partial charge in [-0.05, 0) is 39.0 Å². The van der Waals surface area contributed by atoms with E-state index in [4.69, 9.17) is 0 Å². The molecule has 0 radical (unpaired) electrons. The van der Waals surface area contributed by atoms with Crippen LogP contribution in [-0.2, 0) is 6.54 Å². The van der Waals surface area contributed by atoms with Crippen molar-refractivity contribution in [3.8, 4) is 0 Å². The van der Waals surface area contributed by atoms with Crippen molar-refractivity contribution in [3.63, 3.8) is 0 Å². The van der Waals surface area contributed by atoms with E-state index in [0.717, 1.165) is 34.3 Å². The lowest BCUT2D eigenvalue weighted by atomic mass is 10.2. The molecule has 0 unspecified atom stereocenters. The number of aryl methyl sites for hydroxylation is 1. The van der Waals surface area contributed by atoms with Gasteiger partial charge in [0.25, 0.3) is 0 Å². The molecule has 0 aromatic carbocycles. The molecule has 3 rings (SSSR count). The first-order valence-corrected chi connectivity index (χ1v) is 8.23. The zero-order valence-electron chi connectivity index (χ0n) is 12.9. The number of Topliss-reactive ketones (excluding diaryl/α,β-unsaturated/α-hetero) is 1. The van der Waals surface area contributed by atoms with E-state index < -0.39 is 0 Å². The highest BCUT2D eigenvalue weighted by molar-refractivity contribution is 7.99. The number of nitrogens with zero attached hydrogens (tertiary/aromatic N) is 4. The molecule has 6 heteroatoms. The van der Waals surface area contributed by atoms with Crippen molar-refractivity contribution >= 4 is 23.2 Å². The molecule has 0 amide bonds. The first kappa shape index (κ1) is 14.8. The van der Waals surface area contributed by atoms with Crippen LogP contribution in [0.15, 0.2) is 35.6 Å². The molecule has 22 heavy (non-hydrogen) atoms. The lowest BCUT2D eigenvalue weighted by Crippen LogP contribution is -2.06. The van der Waals surface area contributed by atoms with Gasteiger partial charge in [-0.3, -0.25) is 9.20 Å². The summed E-state index contributed by atoms with van der Waals surface area (Å²) in [7, 11) is 0. The standard InChI is InChI=1S/C16H18N4OS/c1-4-19-11(2)9-13(12(19)3)14(21)10-22-16-18-17-15-7-5-6-8-20(15)16/h5-9H,4,10H2,1-3H3. The van der Waals surface area contributed by atoms with Gasteiger partial charge in [-0.2, -0.15) is 0 Å². The molecular formula is C16H18N4OS. The first-order valence-electron chi connectivity index (χ1n) is 7.24. The minimum atomic E-state index is 0.130. The van der Waals surface area contributed by atoms with Gasteiger partial charge < -0.3 is 4.57 Å². The molecule has 0 fully saturated rings. The zero-order valence-corrected chi connectivity index (χ0v) is 13.7. The molecule has 5 nitrogen and oxygen atoms in total. The van der Waals surface area contributed by atoms with Crippen LogP contribution in [0.5, 0.6) is 0 Å². The topological polar surface area (TPSA) is 52.2 Å². The van der Waals surface area contributed by atoms with Crippen molar-refractivity contribution in [2.45, 2.75) is 32.5 Å². The Labute approximate surface area is 133 Å². The number of fused-ring (bicyclic) bond motifs is 1. The van der Waals surface area contributed by atoms with Crippen molar-refractivity contribution in [3.05, 3.63) is 47.4 Å². The van der Waals surface area contributed by atoms with Crippen molar-refractivity contribution in [2.24, 2.45) is 0 Å². The van der Waals surface area contributed by atoms with Crippen LogP contribution in [0.4, 0.5) is 0 Å². The van der Waals surface area contributed by atoms with Gasteiger partial charge >= 0.3 is 0 Å². The van der Waals surface area contributed by atoms with E-state index in [9.17, 15) is 4.79 Å². The maximum Gasteiger partial charge on any atom is 0.196 e. The summed E-state index contributed by atoms with van der Waals surface area (Å²) in [6.45, 7) is 7.01. The highest BCUT2D eigenvalue weighted by Crippen LogP contribution is 2.21. The third kappa shape index (κ3) is 2.54. The lowest BCUT2D eigenvalue weighted by molar-refractivity contribution is 0.102. The second-order valence-corrected chi connectivity index (χ2v) is 6.09. The largest absolute Gasteiger partial charge is 0.349 e. The molecule has 0 aliphatic heterocycles. The normalized spacial score (nSPS) is 11.2. The Balaban J connectivity index is 1.78. The van der Waals surface area contributed by atoms with Crippen molar-refractivity contribution < 1.29 is 4.79 Å². The minimum Gasteiger partial charge on any atom is -0.349 e. The Morgan fingerprint density at radius 1 is 1.27 bits per heavy atom. The average molecular weight is 314 g/mol. The number of carbonyl (C=O) groups is 1. The molecule has 0 spiro atoms. The van der Waals surface area contributed by atoms with Crippen molar-refractivity contribution in [1.82, 2.24) is 19.2 Å². The van der Waals surface area contributed by atoms with Crippen LogP contribution in [0.3, 0.4) is 0 Å². The minimum absolute atomic E-state index is 0.130. The number of pyridine rings is 1. The Hall–Kier alpha value is -2.08. The van der Waals surface area contributed by atoms with E-state index in [0.29, 0.717) is 5.75 Å². The summed E-state index contributed by atoms with van der Waals surface area (Å²) in [5.41, 5.74) is 3.76. The summed E-state index contributed by atoms with van der Waals surface area (Å²) in [4.78, 5) is 12.5. The summed E-state index contributed by atoms with van der Waals surface area (Å²) in [6.07, 6.45) is 1.91. The lowest BCUT2D eigenvalue weighted by Gasteiger charge is -2.05. The molecule has 0 saturated carbocycles. The number of aromatic nitrogens is 4. The molecule has 0 aliphatic carbocycles. The molecule has 0 N–H and O–H groups in total. The Kier molecular flexibility index (Phi) is 4.02. The highest BCUT2D eigenvalue weighted by atomic mass is 32.2. The first-order chi connectivity index (χ1) is 10.6. The fourth-order valence-corrected chi connectivity index (χ4v) is 3.50. The van der Waals surface area contributed by atoms with Gasteiger partial charge in [0, 0.05) is 29.7 Å². The fourth-order valence-electron chi connectivity index (χ4n) is 2.70. The summed E-state index contributed by atoms with van der Waals surface area (Å²) < 4.78 is 4.05. The maximum atomic E-state index is 12.5. The number of carbonyl (C=O) groups excluding carboxylic acids is 1. The van der Waals surface area contributed by atoms with E-state index in [1.807, 2.05) is 48.7 Å². The molecule has 0 aliphatic rings. The predicted molar refractivity (Wildman–Crippen MR) is 87.6 cm³/mol. The van der Waals surface area contributed by atoms with Crippen molar-refractivity contribution in [1.29, 1.82) is 0 Å². The van der Waals surface area contributed by atoms with Crippen LogP contribution in [0.25, 0.3) is 5.65 Å². The third-order valence-electron chi connectivity index (χ3n) is 3.81. The van der Waals surface area contributed by atoms with E-state index in [-0.39, 0.29) is 5.78 Å². The number of hydrogen-bond donors (Lipinski definition) is 0. The summed E-state index contributed by atoms with van der Waals surface area (Å²) in [5.74, 6) is 0.495. The monoisotopic (exact) mass is 314 g/mol. The Morgan fingerprint density at radius 3 is 2.82 bits per heavy atom. The van der Waals surface area contributed by atoms with Gasteiger partial charge in [-0.1, -0.05) is 17.8 Å². The molecule has 114 valence electrons. The number of ketones is 1. The summed E-state index contributed by atoms with van der Waals surface area (Å²) >= 11 is 1.42. The summed E-state index contributed by atoms with van der Waals surface area (Å²) in [5, 5.41) is 8.98. The molecule has 3 aromatic rings. The number of thioether (sulfide) groups is 1.